The van der Waals surface area contributed by atoms with Crippen LogP contribution in [0.15, 0.2) is 0 Å². The number of hydrogen-bond donors (Lipinski definition) is 0. The quantitative estimate of drug-likeness (QED) is 0.681. The number of nitrogens with zero attached hydrogens (tertiary/aromatic N) is 1. The van der Waals surface area contributed by atoms with Gasteiger partial charge in [0.15, 0.2) is 0 Å². The van der Waals surface area contributed by atoms with E-state index >= 15 is 0 Å². The SMILES string of the molecule is CC(C)C[C@H]1CCN(C(=O)C(C)C)C1. The fourth-order valence-electron chi connectivity index (χ4n) is 2.26. The number of hydrogen-bond acceptors (Lipinski definition) is 1. The van der Waals surface area contributed by atoms with Gasteiger partial charge in [0.2, 0.25) is 5.91 Å². The molecule has 14 heavy (non-hydrogen) atoms. The third-order valence-corrected chi connectivity index (χ3v) is 2.90. The standard InChI is InChI=1S/C12H23NO/c1-9(2)7-11-5-6-13(8-11)12(14)10(3)4/h9-11H,5-8H2,1-4H3/t11-/m1/s1. The molecule has 0 saturated carbocycles. The van der Waals surface area contributed by atoms with E-state index in [0.717, 1.165) is 24.9 Å². The van der Waals surface area contributed by atoms with Gasteiger partial charge in [-0.1, -0.05) is 27.7 Å². The summed E-state index contributed by atoms with van der Waals surface area (Å²) < 4.78 is 0. The van der Waals surface area contributed by atoms with Crippen LogP contribution < -0.4 is 0 Å². The summed E-state index contributed by atoms with van der Waals surface area (Å²) in [5.74, 6) is 2.00. The molecular formula is C12H23NO. The van der Waals surface area contributed by atoms with Gasteiger partial charge in [-0.25, -0.2) is 0 Å². The van der Waals surface area contributed by atoms with E-state index in [4.69, 9.17) is 0 Å². The first-order chi connectivity index (χ1) is 6.50. The molecule has 0 spiro atoms. The lowest BCUT2D eigenvalue weighted by molar-refractivity contribution is -0.133. The minimum absolute atomic E-state index is 0.160. The van der Waals surface area contributed by atoms with Crippen molar-refractivity contribution in [1.29, 1.82) is 0 Å². The van der Waals surface area contributed by atoms with Crippen molar-refractivity contribution < 1.29 is 4.79 Å². The van der Waals surface area contributed by atoms with Gasteiger partial charge in [0.1, 0.15) is 0 Å². The van der Waals surface area contributed by atoms with Crippen LogP contribution in [0.1, 0.15) is 40.5 Å². The first-order valence-electron chi connectivity index (χ1n) is 5.79. The lowest BCUT2D eigenvalue weighted by Gasteiger charge is -2.19. The van der Waals surface area contributed by atoms with Crippen LogP contribution in [0.2, 0.25) is 0 Å². The van der Waals surface area contributed by atoms with Crippen molar-refractivity contribution in [3.05, 3.63) is 0 Å². The van der Waals surface area contributed by atoms with E-state index in [1.54, 1.807) is 0 Å². The summed E-state index contributed by atoms with van der Waals surface area (Å²) in [6.45, 7) is 10.5. The van der Waals surface area contributed by atoms with Crippen LogP contribution in [0, 0.1) is 17.8 Å². The third-order valence-electron chi connectivity index (χ3n) is 2.90. The Morgan fingerprint density at radius 1 is 1.36 bits per heavy atom. The van der Waals surface area contributed by atoms with E-state index in [1.165, 1.54) is 12.8 Å². The van der Waals surface area contributed by atoms with Crippen molar-refractivity contribution in [2.75, 3.05) is 13.1 Å². The second-order valence-electron chi connectivity index (χ2n) is 5.22. The summed E-state index contributed by atoms with van der Waals surface area (Å²) in [6, 6.07) is 0. The molecule has 1 saturated heterocycles. The normalized spacial score (nSPS) is 22.4. The maximum Gasteiger partial charge on any atom is 0.225 e. The lowest BCUT2D eigenvalue weighted by Crippen LogP contribution is -2.32. The molecule has 1 aliphatic rings. The molecule has 2 nitrogen and oxygen atoms in total. The predicted octanol–water partition coefficient (Wildman–Crippen LogP) is 2.54. The van der Waals surface area contributed by atoms with Crippen LogP contribution in [-0.2, 0) is 4.79 Å². The van der Waals surface area contributed by atoms with Gasteiger partial charge in [0.25, 0.3) is 0 Å². The van der Waals surface area contributed by atoms with E-state index < -0.39 is 0 Å². The zero-order chi connectivity index (χ0) is 10.7. The lowest BCUT2D eigenvalue weighted by atomic mass is 9.97. The van der Waals surface area contributed by atoms with E-state index in [1.807, 2.05) is 18.7 Å². The second kappa shape index (κ2) is 4.81. The van der Waals surface area contributed by atoms with Crippen LogP contribution in [0.4, 0.5) is 0 Å². The molecular weight excluding hydrogens is 174 g/mol. The molecule has 0 aromatic rings. The van der Waals surface area contributed by atoms with Crippen LogP contribution in [0.3, 0.4) is 0 Å². The molecule has 1 heterocycles. The summed E-state index contributed by atoms with van der Waals surface area (Å²) >= 11 is 0. The van der Waals surface area contributed by atoms with Crippen molar-refractivity contribution in [2.45, 2.75) is 40.5 Å². The Hall–Kier alpha value is -0.530. The van der Waals surface area contributed by atoms with Gasteiger partial charge in [-0.3, -0.25) is 4.79 Å². The van der Waals surface area contributed by atoms with Crippen molar-refractivity contribution in [3.8, 4) is 0 Å². The van der Waals surface area contributed by atoms with Crippen LogP contribution in [-0.4, -0.2) is 23.9 Å². The molecule has 0 bridgehead atoms. The van der Waals surface area contributed by atoms with Gasteiger partial charge in [-0.05, 0) is 24.7 Å². The van der Waals surface area contributed by atoms with Crippen LogP contribution in [0.5, 0.6) is 0 Å². The number of carbonyl (C=O) groups excluding carboxylic acids is 1. The minimum Gasteiger partial charge on any atom is -0.342 e. The summed E-state index contributed by atoms with van der Waals surface area (Å²) in [5, 5.41) is 0. The number of carbonyl (C=O) groups is 1. The average Bonchev–Trinajstić information content (AvgIpc) is 2.50. The summed E-state index contributed by atoms with van der Waals surface area (Å²) in [6.07, 6.45) is 2.47. The van der Waals surface area contributed by atoms with Crippen LogP contribution in [0.25, 0.3) is 0 Å². The topological polar surface area (TPSA) is 20.3 Å². The maximum absolute atomic E-state index is 11.7. The highest BCUT2D eigenvalue weighted by atomic mass is 16.2. The maximum atomic E-state index is 11.7. The monoisotopic (exact) mass is 197 g/mol. The van der Waals surface area contributed by atoms with Gasteiger partial charge in [0, 0.05) is 19.0 Å². The van der Waals surface area contributed by atoms with E-state index in [-0.39, 0.29) is 5.92 Å². The van der Waals surface area contributed by atoms with Crippen LogP contribution >= 0.6 is 0 Å². The molecule has 1 amide bonds. The second-order valence-corrected chi connectivity index (χ2v) is 5.22. The Balaban J connectivity index is 2.37. The highest BCUT2D eigenvalue weighted by Gasteiger charge is 2.27. The average molecular weight is 197 g/mol. The highest BCUT2D eigenvalue weighted by Crippen LogP contribution is 2.24. The molecule has 0 unspecified atom stereocenters. The molecule has 1 fully saturated rings. The summed E-state index contributed by atoms with van der Waals surface area (Å²) in [5.41, 5.74) is 0. The molecule has 2 heteroatoms. The fourth-order valence-corrected chi connectivity index (χ4v) is 2.26. The molecule has 0 N–H and O–H groups in total. The highest BCUT2D eigenvalue weighted by molar-refractivity contribution is 5.78. The zero-order valence-electron chi connectivity index (χ0n) is 9.92. The number of rotatable bonds is 3. The molecule has 0 aromatic carbocycles. The van der Waals surface area contributed by atoms with Gasteiger partial charge in [0.05, 0.1) is 0 Å². The predicted molar refractivity (Wildman–Crippen MR) is 59.0 cm³/mol. The molecule has 1 aliphatic heterocycles. The third kappa shape index (κ3) is 3.00. The Kier molecular flexibility index (Phi) is 3.97. The summed E-state index contributed by atoms with van der Waals surface area (Å²) in [7, 11) is 0. The molecule has 82 valence electrons. The molecule has 1 rings (SSSR count). The van der Waals surface area contributed by atoms with Gasteiger partial charge in [-0.15, -0.1) is 0 Å². The Bertz CT molecular complexity index is 198. The van der Waals surface area contributed by atoms with E-state index in [9.17, 15) is 4.79 Å². The summed E-state index contributed by atoms with van der Waals surface area (Å²) in [4.78, 5) is 13.7. The first-order valence-corrected chi connectivity index (χ1v) is 5.79. The van der Waals surface area contributed by atoms with Crippen molar-refractivity contribution in [3.63, 3.8) is 0 Å². The number of likely N-dealkylation sites (tertiary alicyclic amines) is 1. The Morgan fingerprint density at radius 2 is 2.00 bits per heavy atom. The zero-order valence-corrected chi connectivity index (χ0v) is 9.92. The van der Waals surface area contributed by atoms with Gasteiger partial charge < -0.3 is 4.90 Å². The smallest absolute Gasteiger partial charge is 0.225 e. The minimum atomic E-state index is 0.160. The Morgan fingerprint density at radius 3 is 2.50 bits per heavy atom. The molecule has 0 aliphatic carbocycles. The largest absolute Gasteiger partial charge is 0.342 e. The fraction of sp³-hybridized carbons (Fsp3) is 0.917. The van der Waals surface area contributed by atoms with Crippen molar-refractivity contribution in [1.82, 2.24) is 4.90 Å². The van der Waals surface area contributed by atoms with Crippen molar-refractivity contribution in [2.24, 2.45) is 17.8 Å². The Labute approximate surface area is 87.7 Å². The van der Waals surface area contributed by atoms with E-state index in [2.05, 4.69) is 13.8 Å². The molecule has 0 radical (unpaired) electrons. The van der Waals surface area contributed by atoms with Gasteiger partial charge >= 0.3 is 0 Å². The first kappa shape index (κ1) is 11.5. The van der Waals surface area contributed by atoms with Crippen molar-refractivity contribution >= 4 is 5.91 Å². The van der Waals surface area contributed by atoms with Gasteiger partial charge in [-0.2, -0.15) is 0 Å². The molecule has 1 atom stereocenters. The van der Waals surface area contributed by atoms with E-state index in [0.29, 0.717) is 5.91 Å². The molecule has 0 aromatic heterocycles. The number of amides is 1.